The van der Waals surface area contributed by atoms with Crippen LogP contribution in [0.2, 0.25) is 0 Å². The predicted molar refractivity (Wildman–Crippen MR) is 58.2 cm³/mol. The van der Waals surface area contributed by atoms with Gasteiger partial charge in [-0.25, -0.2) is 0 Å². The van der Waals surface area contributed by atoms with Gasteiger partial charge in [-0.15, -0.1) is 0 Å². The second-order valence-corrected chi connectivity index (χ2v) is 3.56. The number of hydrogen-bond donors (Lipinski definition) is 1. The summed E-state index contributed by atoms with van der Waals surface area (Å²) in [4.78, 5) is 0. The van der Waals surface area contributed by atoms with Gasteiger partial charge >= 0.3 is 0 Å². The zero-order valence-corrected chi connectivity index (χ0v) is 10.2. The summed E-state index contributed by atoms with van der Waals surface area (Å²) in [5, 5.41) is 9.70. The number of rotatable bonds is 6. The summed E-state index contributed by atoms with van der Waals surface area (Å²) in [6.45, 7) is 7.70. The highest BCUT2D eigenvalue weighted by molar-refractivity contribution is 4.86. The van der Waals surface area contributed by atoms with Gasteiger partial charge in [-0.05, 0) is 20.8 Å². The third-order valence-electron chi connectivity index (χ3n) is 2.50. The molecule has 5 heteroatoms. The van der Waals surface area contributed by atoms with Crippen molar-refractivity contribution in [3.8, 4) is 0 Å². The monoisotopic (exact) mass is 234 g/mol. The van der Waals surface area contributed by atoms with Crippen LogP contribution in [0.4, 0.5) is 0 Å². The SMILES string of the molecule is CCO[C@H]1[C@H](OCC)[C@H](OCC)CO[C@H]1O. The van der Waals surface area contributed by atoms with Crippen LogP contribution in [0.5, 0.6) is 0 Å². The van der Waals surface area contributed by atoms with Gasteiger partial charge in [0, 0.05) is 19.8 Å². The van der Waals surface area contributed by atoms with Gasteiger partial charge in [0.1, 0.15) is 18.3 Å². The van der Waals surface area contributed by atoms with E-state index in [9.17, 15) is 5.11 Å². The summed E-state index contributed by atoms with van der Waals surface area (Å²) < 4.78 is 21.8. The fourth-order valence-electron chi connectivity index (χ4n) is 1.88. The van der Waals surface area contributed by atoms with Gasteiger partial charge in [0.25, 0.3) is 0 Å². The van der Waals surface area contributed by atoms with Crippen molar-refractivity contribution in [3.05, 3.63) is 0 Å². The smallest absolute Gasteiger partial charge is 0.183 e. The molecular weight excluding hydrogens is 212 g/mol. The van der Waals surface area contributed by atoms with Gasteiger partial charge in [0.15, 0.2) is 6.29 Å². The molecule has 1 heterocycles. The highest BCUT2D eigenvalue weighted by Crippen LogP contribution is 2.22. The summed E-state index contributed by atoms with van der Waals surface area (Å²) >= 11 is 0. The summed E-state index contributed by atoms with van der Waals surface area (Å²) in [5.41, 5.74) is 0. The lowest BCUT2D eigenvalue weighted by Gasteiger charge is -2.39. The maximum atomic E-state index is 9.70. The number of ether oxygens (including phenoxy) is 4. The summed E-state index contributed by atoms with van der Waals surface area (Å²) in [6.07, 6.45) is -1.86. The Bertz CT molecular complexity index is 187. The van der Waals surface area contributed by atoms with Crippen LogP contribution in [-0.2, 0) is 18.9 Å². The van der Waals surface area contributed by atoms with Gasteiger partial charge in [-0.1, -0.05) is 0 Å². The molecule has 1 N–H and O–H groups in total. The molecule has 5 nitrogen and oxygen atoms in total. The van der Waals surface area contributed by atoms with Crippen molar-refractivity contribution < 1.29 is 24.1 Å². The van der Waals surface area contributed by atoms with Crippen LogP contribution in [0.25, 0.3) is 0 Å². The Hall–Kier alpha value is -0.200. The first-order chi connectivity index (χ1) is 7.74. The lowest BCUT2D eigenvalue weighted by atomic mass is 10.0. The largest absolute Gasteiger partial charge is 0.373 e. The standard InChI is InChI=1S/C11H22O5/c1-4-13-8-7-16-11(12)10(15-6-3)9(8)14-5-2/h8-12H,4-7H2,1-3H3/t8-,9-,10+,11-/m1/s1. The lowest BCUT2D eigenvalue weighted by molar-refractivity contribution is -0.278. The Morgan fingerprint density at radius 2 is 1.56 bits per heavy atom. The molecule has 96 valence electrons. The number of hydrogen-bond acceptors (Lipinski definition) is 5. The van der Waals surface area contributed by atoms with Crippen LogP contribution < -0.4 is 0 Å². The molecule has 1 aliphatic heterocycles. The summed E-state index contributed by atoms with van der Waals surface area (Å²) in [6, 6.07) is 0. The van der Waals surface area contributed by atoms with Crippen LogP contribution in [0.3, 0.4) is 0 Å². The molecule has 0 spiro atoms. The van der Waals surface area contributed by atoms with E-state index in [-0.39, 0.29) is 12.2 Å². The molecule has 0 amide bonds. The first-order valence-electron chi connectivity index (χ1n) is 5.89. The molecule has 4 atom stereocenters. The normalized spacial score (nSPS) is 35.2. The Morgan fingerprint density at radius 3 is 2.12 bits per heavy atom. The van der Waals surface area contributed by atoms with Crippen molar-refractivity contribution >= 4 is 0 Å². The molecule has 0 unspecified atom stereocenters. The van der Waals surface area contributed by atoms with E-state index in [1.54, 1.807) is 0 Å². The Labute approximate surface area is 96.6 Å². The third-order valence-corrected chi connectivity index (χ3v) is 2.50. The van der Waals surface area contributed by atoms with E-state index in [1.807, 2.05) is 20.8 Å². The van der Waals surface area contributed by atoms with E-state index in [0.717, 1.165) is 0 Å². The van der Waals surface area contributed by atoms with Crippen molar-refractivity contribution in [3.63, 3.8) is 0 Å². The minimum atomic E-state index is -0.937. The minimum Gasteiger partial charge on any atom is -0.373 e. The van der Waals surface area contributed by atoms with E-state index in [4.69, 9.17) is 18.9 Å². The van der Waals surface area contributed by atoms with E-state index >= 15 is 0 Å². The van der Waals surface area contributed by atoms with E-state index < -0.39 is 12.4 Å². The van der Waals surface area contributed by atoms with Crippen molar-refractivity contribution in [1.29, 1.82) is 0 Å². The van der Waals surface area contributed by atoms with Gasteiger partial charge < -0.3 is 24.1 Å². The van der Waals surface area contributed by atoms with Crippen LogP contribution >= 0.6 is 0 Å². The average Bonchev–Trinajstić information content (AvgIpc) is 2.27. The van der Waals surface area contributed by atoms with E-state index in [1.165, 1.54) is 0 Å². The second-order valence-electron chi connectivity index (χ2n) is 3.56. The maximum Gasteiger partial charge on any atom is 0.183 e. The molecule has 0 aromatic carbocycles. The van der Waals surface area contributed by atoms with Crippen LogP contribution in [0.1, 0.15) is 20.8 Å². The summed E-state index contributed by atoms with van der Waals surface area (Å²) in [5.74, 6) is 0. The fraction of sp³-hybridized carbons (Fsp3) is 1.00. The minimum absolute atomic E-state index is 0.176. The Kier molecular flexibility index (Phi) is 6.23. The van der Waals surface area contributed by atoms with Gasteiger partial charge in [0.05, 0.1) is 6.61 Å². The first kappa shape index (κ1) is 13.9. The fourth-order valence-corrected chi connectivity index (χ4v) is 1.88. The Morgan fingerprint density at radius 1 is 1.00 bits per heavy atom. The average molecular weight is 234 g/mol. The van der Waals surface area contributed by atoms with Crippen molar-refractivity contribution in [2.24, 2.45) is 0 Å². The maximum absolute atomic E-state index is 9.70. The van der Waals surface area contributed by atoms with Crippen LogP contribution in [-0.4, -0.2) is 56.1 Å². The number of aliphatic hydroxyl groups is 1. The molecule has 0 aromatic heterocycles. The van der Waals surface area contributed by atoms with Gasteiger partial charge in [-0.2, -0.15) is 0 Å². The molecule has 1 saturated heterocycles. The van der Waals surface area contributed by atoms with Gasteiger partial charge in [0.2, 0.25) is 0 Å². The zero-order valence-electron chi connectivity index (χ0n) is 10.2. The van der Waals surface area contributed by atoms with Crippen molar-refractivity contribution in [2.45, 2.75) is 45.4 Å². The molecule has 0 bridgehead atoms. The predicted octanol–water partition coefficient (Wildman–Crippen LogP) is 0.550. The molecule has 1 rings (SSSR count). The van der Waals surface area contributed by atoms with E-state index in [0.29, 0.717) is 26.4 Å². The zero-order chi connectivity index (χ0) is 12.0. The molecule has 16 heavy (non-hydrogen) atoms. The van der Waals surface area contributed by atoms with Crippen molar-refractivity contribution in [2.75, 3.05) is 26.4 Å². The molecule has 0 radical (unpaired) electrons. The highest BCUT2D eigenvalue weighted by Gasteiger charge is 2.41. The molecule has 1 aliphatic rings. The quantitative estimate of drug-likeness (QED) is 0.727. The Balaban J connectivity index is 2.65. The molecular formula is C11H22O5. The topological polar surface area (TPSA) is 57.2 Å². The van der Waals surface area contributed by atoms with Crippen molar-refractivity contribution in [1.82, 2.24) is 0 Å². The molecule has 1 fully saturated rings. The molecule has 0 aliphatic carbocycles. The van der Waals surface area contributed by atoms with Gasteiger partial charge in [-0.3, -0.25) is 0 Å². The lowest BCUT2D eigenvalue weighted by Crippen LogP contribution is -2.56. The molecule has 0 saturated carbocycles. The van der Waals surface area contributed by atoms with Crippen LogP contribution in [0.15, 0.2) is 0 Å². The number of aliphatic hydroxyl groups excluding tert-OH is 1. The van der Waals surface area contributed by atoms with E-state index in [2.05, 4.69) is 0 Å². The third kappa shape index (κ3) is 3.40. The molecule has 0 aromatic rings. The summed E-state index contributed by atoms with van der Waals surface area (Å²) in [7, 11) is 0. The second kappa shape index (κ2) is 7.19. The van der Waals surface area contributed by atoms with Crippen LogP contribution in [0, 0.1) is 0 Å². The first-order valence-corrected chi connectivity index (χ1v) is 5.89. The highest BCUT2D eigenvalue weighted by atomic mass is 16.7.